The number of hydrogen-bond donors (Lipinski definition) is 1. The molecule has 0 saturated carbocycles. The molecule has 1 aliphatic rings. The van der Waals surface area contributed by atoms with Crippen LogP contribution in [0.4, 0.5) is 0 Å². The summed E-state index contributed by atoms with van der Waals surface area (Å²) >= 11 is 1.47. The Labute approximate surface area is 212 Å². The molecule has 0 radical (unpaired) electrons. The summed E-state index contributed by atoms with van der Waals surface area (Å²) in [6.07, 6.45) is 2.70. The van der Waals surface area contributed by atoms with Gasteiger partial charge in [-0.1, -0.05) is 67.9 Å². The Morgan fingerprint density at radius 2 is 1.66 bits per heavy atom. The molecule has 5 nitrogen and oxygen atoms in total. The summed E-state index contributed by atoms with van der Waals surface area (Å²) in [4.78, 5) is 33.3. The number of hydrogen-bond acceptors (Lipinski definition) is 4. The Morgan fingerprint density at radius 1 is 1.03 bits per heavy atom. The number of aromatic nitrogens is 1. The molecule has 184 valence electrons. The smallest absolute Gasteiger partial charge is 0.265 e. The van der Waals surface area contributed by atoms with E-state index in [1.807, 2.05) is 18.7 Å². The Morgan fingerprint density at radius 3 is 2.29 bits per heavy atom. The van der Waals surface area contributed by atoms with E-state index in [0.717, 1.165) is 46.0 Å². The maximum absolute atomic E-state index is 13.3. The second-order valence-electron chi connectivity index (χ2n) is 9.61. The lowest BCUT2D eigenvalue weighted by atomic mass is 9.84. The Balaban J connectivity index is 1.30. The quantitative estimate of drug-likeness (QED) is 0.457. The maximum Gasteiger partial charge on any atom is 0.265 e. The Bertz CT molecular complexity index is 1160. The SMILES string of the molecule is CCc1ccc(CNC(=O)C(C)C2CCN(C(=O)c3sc(-c4ccc(C)cc4)nc3C)CC2)cc1. The molecule has 2 heterocycles. The normalized spacial score (nSPS) is 15.1. The van der Waals surface area contributed by atoms with Crippen LogP contribution < -0.4 is 5.32 Å². The number of carbonyl (C=O) groups excluding carboxylic acids is 2. The molecule has 2 amide bonds. The van der Waals surface area contributed by atoms with E-state index in [2.05, 4.69) is 72.7 Å². The number of amides is 2. The second-order valence-corrected chi connectivity index (χ2v) is 10.6. The van der Waals surface area contributed by atoms with Crippen molar-refractivity contribution < 1.29 is 9.59 Å². The molecular weight excluding hydrogens is 454 g/mol. The molecule has 1 fully saturated rings. The fraction of sp³-hybridized carbons (Fsp3) is 0.414. The molecular formula is C29H35N3O2S. The molecule has 6 heteroatoms. The summed E-state index contributed by atoms with van der Waals surface area (Å²) in [5.74, 6) is 0.368. The van der Waals surface area contributed by atoms with Crippen molar-refractivity contribution in [3.8, 4) is 10.6 Å². The first-order valence-electron chi connectivity index (χ1n) is 12.5. The first-order chi connectivity index (χ1) is 16.9. The molecule has 1 atom stereocenters. The molecule has 0 bridgehead atoms. The van der Waals surface area contributed by atoms with Gasteiger partial charge in [0.15, 0.2) is 0 Å². The van der Waals surface area contributed by atoms with Crippen LogP contribution in [-0.4, -0.2) is 34.8 Å². The van der Waals surface area contributed by atoms with Crippen LogP contribution in [0.25, 0.3) is 10.6 Å². The fourth-order valence-electron chi connectivity index (χ4n) is 4.62. The average molecular weight is 490 g/mol. The molecule has 1 saturated heterocycles. The van der Waals surface area contributed by atoms with E-state index in [9.17, 15) is 9.59 Å². The number of nitrogens with one attached hydrogen (secondary N) is 1. The van der Waals surface area contributed by atoms with Crippen LogP contribution in [0, 0.1) is 25.7 Å². The third-order valence-corrected chi connectivity index (χ3v) is 8.33. The van der Waals surface area contributed by atoms with E-state index in [1.165, 1.54) is 22.5 Å². The summed E-state index contributed by atoms with van der Waals surface area (Å²) < 4.78 is 0. The number of carbonyl (C=O) groups is 2. The van der Waals surface area contributed by atoms with Crippen LogP contribution >= 0.6 is 11.3 Å². The molecule has 2 aromatic carbocycles. The van der Waals surface area contributed by atoms with Gasteiger partial charge >= 0.3 is 0 Å². The monoisotopic (exact) mass is 489 g/mol. The van der Waals surface area contributed by atoms with Crippen molar-refractivity contribution >= 4 is 23.2 Å². The van der Waals surface area contributed by atoms with Gasteiger partial charge in [0.25, 0.3) is 5.91 Å². The molecule has 0 aliphatic carbocycles. The first kappa shape index (κ1) is 25.1. The Kier molecular flexibility index (Phi) is 8.01. The van der Waals surface area contributed by atoms with E-state index in [1.54, 1.807) is 0 Å². The van der Waals surface area contributed by atoms with Gasteiger partial charge in [-0.05, 0) is 50.2 Å². The molecule has 35 heavy (non-hydrogen) atoms. The molecule has 4 rings (SSSR count). The molecule has 1 N–H and O–H groups in total. The molecule has 1 aromatic heterocycles. The van der Waals surface area contributed by atoms with Crippen molar-refractivity contribution in [3.63, 3.8) is 0 Å². The standard InChI is InChI=1S/C29H35N3O2S/c1-5-22-8-10-23(11-9-22)18-30-27(33)20(3)24-14-16-32(17-15-24)29(34)26-21(4)31-28(35-26)25-12-6-19(2)7-13-25/h6-13,20,24H,5,14-18H2,1-4H3,(H,30,33). The molecule has 0 spiro atoms. The van der Waals surface area contributed by atoms with Gasteiger partial charge in [-0.2, -0.15) is 0 Å². The van der Waals surface area contributed by atoms with Gasteiger partial charge in [0.2, 0.25) is 5.91 Å². The lowest BCUT2D eigenvalue weighted by Gasteiger charge is -2.34. The van der Waals surface area contributed by atoms with Crippen LogP contribution in [0.5, 0.6) is 0 Å². The third kappa shape index (κ3) is 5.99. The highest BCUT2D eigenvalue weighted by Crippen LogP contribution is 2.31. The predicted octanol–water partition coefficient (Wildman–Crippen LogP) is 5.79. The second kappa shape index (κ2) is 11.2. The lowest BCUT2D eigenvalue weighted by Crippen LogP contribution is -2.42. The van der Waals surface area contributed by atoms with Gasteiger partial charge < -0.3 is 10.2 Å². The first-order valence-corrected chi connectivity index (χ1v) is 13.4. The summed E-state index contributed by atoms with van der Waals surface area (Å²) in [5, 5.41) is 3.98. The van der Waals surface area contributed by atoms with Crippen LogP contribution in [0.15, 0.2) is 48.5 Å². The van der Waals surface area contributed by atoms with E-state index in [4.69, 9.17) is 0 Å². The molecule has 1 unspecified atom stereocenters. The average Bonchev–Trinajstić information content (AvgIpc) is 3.28. The van der Waals surface area contributed by atoms with Crippen molar-refractivity contribution in [2.75, 3.05) is 13.1 Å². The van der Waals surface area contributed by atoms with Crippen molar-refractivity contribution in [1.82, 2.24) is 15.2 Å². The number of likely N-dealkylation sites (tertiary alicyclic amines) is 1. The van der Waals surface area contributed by atoms with Crippen molar-refractivity contribution in [1.29, 1.82) is 0 Å². The van der Waals surface area contributed by atoms with Gasteiger partial charge in [-0.25, -0.2) is 4.98 Å². The predicted molar refractivity (Wildman–Crippen MR) is 142 cm³/mol. The van der Waals surface area contributed by atoms with Gasteiger partial charge in [0.05, 0.1) is 5.69 Å². The summed E-state index contributed by atoms with van der Waals surface area (Å²) in [6.45, 7) is 10.0. The topological polar surface area (TPSA) is 62.3 Å². The maximum atomic E-state index is 13.3. The van der Waals surface area contributed by atoms with Gasteiger partial charge in [-0.15, -0.1) is 11.3 Å². The van der Waals surface area contributed by atoms with Crippen LogP contribution in [0.3, 0.4) is 0 Å². The highest BCUT2D eigenvalue weighted by molar-refractivity contribution is 7.17. The van der Waals surface area contributed by atoms with Crippen LogP contribution in [-0.2, 0) is 17.8 Å². The minimum atomic E-state index is -0.0690. The molecule has 1 aliphatic heterocycles. The van der Waals surface area contributed by atoms with E-state index >= 15 is 0 Å². The van der Waals surface area contributed by atoms with Gasteiger partial charge in [-0.3, -0.25) is 9.59 Å². The lowest BCUT2D eigenvalue weighted by molar-refractivity contribution is -0.126. The fourth-order valence-corrected chi connectivity index (χ4v) is 5.66. The zero-order valence-corrected chi connectivity index (χ0v) is 22.0. The highest BCUT2D eigenvalue weighted by Gasteiger charge is 2.31. The zero-order chi connectivity index (χ0) is 24.9. The number of nitrogens with zero attached hydrogens (tertiary/aromatic N) is 2. The minimum Gasteiger partial charge on any atom is -0.352 e. The van der Waals surface area contributed by atoms with Gasteiger partial charge in [0, 0.05) is 31.1 Å². The van der Waals surface area contributed by atoms with Crippen molar-refractivity contribution in [2.45, 2.75) is 53.5 Å². The third-order valence-electron chi connectivity index (χ3n) is 7.13. The zero-order valence-electron chi connectivity index (χ0n) is 21.1. The highest BCUT2D eigenvalue weighted by atomic mass is 32.1. The minimum absolute atomic E-state index is 0.0597. The largest absolute Gasteiger partial charge is 0.352 e. The van der Waals surface area contributed by atoms with E-state index in [-0.39, 0.29) is 23.7 Å². The Hall–Kier alpha value is -2.99. The number of aryl methyl sites for hydroxylation is 3. The summed E-state index contributed by atoms with van der Waals surface area (Å²) in [7, 11) is 0. The molecule has 3 aromatic rings. The van der Waals surface area contributed by atoms with Gasteiger partial charge in [0.1, 0.15) is 9.88 Å². The van der Waals surface area contributed by atoms with Crippen LogP contribution in [0.1, 0.15) is 58.7 Å². The van der Waals surface area contributed by atoms with E-state index in [0.29, 0.717) is 19.6 Å². The number of rotatable bonds is 7. The van der Waals surface area contributed by atoms with E-state index < -0.39 is 0 Å². The number of thiazole rings is 1. The number of piperidine rings is 1. The van der Waals surface area contributed by atoms with Crippen molar-refractivity contribution in [3.05, 3.63) is 75.8 Å². The van der Waals surface area contributed by atoms with Crippen molar-refractivity contribution in [2.24, 2.45) is 11.8 Å². The summed E-state index contributed by atoms with van der Waals surface area (Å²) in [6, 6.07) is 16.6. The van der Waals surface area contributed by atoms with Crippen LogP contribution in [0.2, 0.25) is 0 Å². The number of benzene rings is 2. The summed E-state index contributed by atoms with van der Waals surface area (Å²) in [5.41, 5.74) is 5.46.